The van der Waals surface area contributed by atoms with Crippen LogP contribution < -0.4 is 5.32 Å². The number of carbonyl (C=O) groups excluding carboxylic acids is 2. The van der Waals surface area contributed by atoms with Gasteiger partial charge in [0, 0.05) is 37.2 Å². The molecule has 0 spiro atoms. The summed E-state index contributed by atoms with van der Waals surface area (Å²) in [7, 11) is 1.35. The first-order chi connectivity index (χ1) is 12.7. The summed E-state index contributed by atoms with van der Waals surface area (Å²) >= 11 is 0. The van der Waals surface area contributed by atoms with Gasteiger partial charge in [0.1, 0.15) is 0 Å². The Bertz CT molecular complexity index is 728. The maximum Gasteiger partial charge on any atom is 0.337 e. The molecular weight excluding hydrogens is 332 g/mol. The van der Waals surface area contributed by atoms with Gasteiger partial charge in [-0.2, -0.15) is 0 Å². The van der Waals surface area contributed by atoms with Crippen LogP contribution in [0.5, 0.6) is 0 Å². The van der Waals surface area contributed by atoms with Crippen molar-refractivity contribution in [2.24, 2.45) is 0 Å². The van der Waals surface area contributed by atoms with Crippen molar-refractivity contribution in [3.05, 3.63) is 48.5 Å². The van der Waals surface area contributed by atoms with Crippen LogP contribution in [0.15, 0.2) is 43.0 Å². The van der Waals surface area contributed by atoms with Crippen molar-refractivity contribution < 1.29 is 14.3 Å². The van der Waals surface area contributed by atoms with Crippen LogP contribution >= 0.6 is 0 Å². The van der Waals surface area contributed by atoms with E-state index in [1.54, 1.807) is 36.8 Å². The number of methoxy groups -OCH3 is 1. The zero-order valence-corrected chi connectivity index (χ0v) is 14.9. The zero-order chi connectivity index (χ0) is 18.4. The van der Waals surface area contributed by atoms with Gasteiger partial charge in [-0.3, -0.25) is 0 Å². The third-order valence-corrected chi connectivity index (χ3v) is 4.72. The molecule has 1 N–H and O–H groups in total. The van der Waals surface area contributed by atoms with Gasteiger partial charge in [-0.25, -0.2) is 14.6 Å². The second-order valence-corrected chi connectivity index (χ2v) is 6.43. The first kappa shape index (κ1) is 18.0. The molecular formula is C19H24N4O3. The number of imidazole rings is 1. The van der Waals surface area contributed by atoms with Crippen LogP contribution in [-0.4, -0.2) is 46.1 Å². The number of likely N-dealkylation sites (tertiary alicyclic amines) is 1. The maximum atomic E-state index is 12.7. The molecule has 0 bridgehead atoms. The molecule has 0 unspecified atom stereocenters. The molecule has 0 aliphatic carbocycles. The first-order valence-corrected chi connectivity index (χ1v) is 8.89. The van der Waals surface area contributed by atoms with Crippen molar-refractivity contribution in [1.29, 1.82) is 0 Å². The van der Waals surface area contributed by atoms with Gasteiger partial charge in [0.05, 0.1) is 19.0 Å². The lowest BCUT2D eigenvalue weighted by Gasteiger charge is -2.36. The van der Waals surface area contributed by atoms with Gasteiger partial charge in [-0.05, 0) is 49.9 Å². The zero-order valence-electron chi connectivity index (χ0n) is 14.9. The highest BCUT2D eigenvalue weighted by molar-refractivity contribution is 5.92. The monoisotopic (exact) mass is 356 g/mol. The molecule has 1 aromatic heterocycles. The van der Waals surface area contributed by atoms with E-state index in [2.05, 4.69) is 15.0 Å². The van der Waals surface area contributed by atoms with Crippen LogP contribution in [0.2, 0.25) is 0 Å². The molecule has 138 valence electrons. The van der Waals surface area contributed by atoms with Gasteiger partial charge in [0.25, 0.3) is 0 Å². The molecule has 1 atom stereocenters. The van der Waals surface area contributed by atoms with Crippen LogP contribution in [0.1, 0.15) is 36.0 Å². The van der Waals surface area contributed by atoms with Crippen molar-refractivity contribution in [3.8, 4) is 0 Å². The van der Waals surface area contributed by atoms with E-state index in [1.165, 1.54) is 7.11 Å². The van der Waals surface area contributed by atoms with Crippen LogP contribution in [0, 0.1) is 0 Å². The van der Waals surface area contributed by atoms with Gasteiger partial charge in [-0.15, -0.1) is 0 Å². The lowest BCUT2D eigenvalue weighted by Crippen LogP contribution is -2.46. The number of aryl methyl sites for hydroxylation is 1. The fourth-order valence-corrected chi connectivity index (χ4v) is 3.29. The molecule has 2 amide bonds. The summed E-state index contributed by atoms with van der Waals surface area (Å²) in [4.78, 5) is 30.2. The van der Waals surface area contributed by atoms with Crippen molar-refractivity contribution in [3.63, 3.8) is 0 Å². The first-order valence-electron chi connectivity index (χ1n) is 8.89. The number of hydrogen-bond acceptors (Lipinski definition) is 4. The largest absolute Gasteiger partial charge is 0.465 e. The number of aromatic nitrogens is 2. The van der Waals surface area contributed by atoms with Crippen molar-refractivity contribution in [1.82, 2.24) is 14.5 Å². The maximum absolute atomic E-state index is 12.7. The van der Waals surface area contributed by atoms with Crippen molar-refractivity contribution in [2.45, 2.75) is 38.3 Å². The average molecular weight is 356 g/mol. The number of amides is 2. The third-order valence-electron chi connectivity index (χ3n) is 4.72. The highest BCUT2D eigenvalue weighted by atomic mass is 16.5. The third kappa shape index (κ3) is 4.41. The van der Waals surface area contributed by atoms with Gasteiger partial charge in [-0.1, -0.05) is 0 Å². The summed E-state index contributed by atoms with van der Waals surface area (Å²) in [5.74, 6) is -0.390. The van der Waals surface area contributed by atoms with Gasteiger partial charge < -0.3 is 19.5 Å². The number of ether oxygens (including phenoxy) is 1. The summed E-state index contributed by atoms with van der Waals surface area (Å²) < 4.78 is 6.72. The Kier molecular flexibility index (Phi) is 5.88. The molecule has 0 radical (unpaired) electrons. The van der Waals surface area contributed by atoms with Crippen LogP contribution in [-0.2, 0) is 11.3 Å². The van der Waals surface area contributed by atoms with E-state index in [0.29, 0.717) is 11.3 Å². The van der Waals surface area contributed by atoms with E-state index in [9.17, 15) is 9.59 Å². The number of esters is 1. The van der Waals surface area contributed by atoms with E-state index in [0.717, 1.165) is 38.8 Å². The fraction of sp³-hybridized carbons (Fsp3) is 0.421. The van der Waals surface area contributed by atoms with Crippen molar-refractivity contribution >= 4 is 17.7 Å². The fourth-order valence-electron chi connectivity index (χ4n) is 3.29. The molecule has 1 saturated heterocycles. The number of carbonyl (C=O) groups is 2. The lowest BCUT2D eigenvalue weighted by atomic mass is 9.99. The molecule has 7 nitrogen and oxygen atoms in total. The van der Waals surface area contributed by atoms with Crippen LogP contribution in [0.3, 0.4) is 0 Å². The minimum absolute atomic E-state index is 0.0915. The highest BCUT2D eigenvalue weighted by Gasteiger charge is 2.26. The topological polar surface area (TPSA) is 76.5 Å². The molecule has 1 fully saturated rings. The van der Waals surface area contributed by atoms with E-state index >= 15 is 0 Å². The Balaban J connectivity index is 1.60. The highest BCUT2D eigenvalue weighted by Crippen LogP contribution is 2.22. The molecule has 1 aliphatic heterocycles. The molecule has 2 aromatic rings. The van der Waals surface area contributed by atoms with E-state index in [4.69, 9.17) is 0 Å². The Morgan fingerprint density at radius 3 is 2.77 bits per heavy atom. The summed E-state index contributed by atoms with van der Waals surface area (Å²) in [6.07, 6.45) is 9.60. The van der Waals surface area contributed by atoms with E-state index < -0.39 is 5.97 Å². The van der Waals surface area contributed by atoms with Crippen LogP contribution in [0.4, 0.5) is 10.5 Å². The molecule has 2 heterocycles. The number of rotatable bonds is 5. The SMILES string of the molecule is COC(=O)c1ccc(NC(=O)N2CCCC[C@H]2CCn2ccnc2)cc1. The minimum atomic E-state index is -0.390. The Labute approximate surface area is 153 Å². The standard InChI is InChI=1S/C19H24N4O3/c1-26-18(24)15-5-7-16(8-6-15)21-19(25)23-11-3-2-4-17(23)9-12-22-13-10-20-14-22/h5-8,10,13-14,17H,2-4,9,11-12H2,1H3,(H,21,25)/t17-/m0/s1. The number of piperidine rings is 1. The van der Waals surface area contributed by atoms with Crippen LogP contribution in [0.25, 0.3) is 0 Å². The lowest BCUT2D eigenvalue weighted by molar-refractivity contribution is 0.0600. The summed E-state index contributed by atoms with van der Waals surface area (Å²) in [6.45, 7) is 1.61. The quantitative estimate of drug-likeness (QED) is 0.835. The summed E-state index contributed by atoms with van der Waals surface area (Å²) in [5.41, 5.74) is 1.13. The second kappa shape index (κ2) is 8.51. The number of hydrogen-bond donors (Lipinski definition) is 1. The summed E-state index contributed by atoms with van der Waals surface area (Å²) in [5, 5.41) is 2.93. The predicted octanol–water partition coefficient (Wildman–Crippen LogP) is 3.15. The molecule has 7 heteroatoms. The number of anilines is 1. The van der Waals surface area contributed by atoms with E-state index in [-0.39, 0.29) is 12.1 Å². The van der Waals surface area contributed by atoms with Gasteiger partial charge >= 0.3 is 12.0 Å². The van der Waals surface area contributed by atoms with Gasteiger partial charge in [0.2, 0.25) is 0 Å². The van der Waals surface area contributed by atoms with Crippen molar-refractivity contribution in [2.75, 3.05) is 19.0 Å². The Hall–Kier alpha value is -2.83. The Morgan fingerprint density at radius 2 is 2.08 bits per heavy atom. The second-order valence-electron chi connectivity index (χ2n) is 6.43. The molecule has 1 aromatic carbocycles. The normalized spacial score (nSPS) is 17.0. The molecule has 0 saturated carbocycles. The predicted molar refractivity (Wildman–Crippen MR) is 98.0 cm³/mol. The smallest absolute Gasteiger partial charge is 0.337 e. The number of nitrogens with zero attached hydrogens (tertiary/aromatic N) is 3. The van der Waals surface area contributed by atoms with Gasteiger partial charge in [0.15, 0.2) is 0 Å². The van der Waals surface area contributed by atoms with E-state index in [1.807, 2.05) is 15.7 Å². The molecule has 1 aliphatic rings. The molecule has 26 heavy (non-hydrogen) atoms. The summed E-state index contributed by atoms with van der Waals surface area (Å²) in [6, 6.07) is 6.86. The average Bonchev–Trinajstić information content (AvgIpc) is 3.20. The molecule has 3 rings (SSSR count). The number of urea groups is 1. The Morgan fingerprint density at radius 1 is 1.27 bits per heavy atom. The number of nitrogens with one attached hydrogen (secondary N) is 1. The number of benzene rings is 1. The minimum Gasteiger partial charge on any atom is -0.465 e.